The van der Waals surface area contributed by atoms with E-state index in [0.717, 1.165) is 31.6 Å². The molecule has 0 radical (unpaired) electrons. The summed E-state index contributed by atoms with van der Waals surface area (Å²) in [4.78, 5) is 17.3. The lowest BCUT2D eigenvalue weighted by Crippen LogP contribution is -2.38. The molecule has 0 spiro atoms. The first-order chi connectivity index (χ1) is 10.8. The van der Waals surface area contributed by atoms with E-state index in [1.165, 1.54) is 16.8 Å². The molecule has 0 aliphatic carbocycles. The minimum atomic E-state index is 0.0458. The highest BCUT2D eigenvalue weighted by atomic mass is 16.5. The van der Waals surface area contributed by atoms with Gasteiger partial charge in [0, 0.05) is 31.4 Å². The quantitative estimate of drug-likeness (QED) is 0.922. The van der Waals surface area contributed by atoms with Gasteiger partial charge in [-0.15, -0.1) is 0 Å². The standard InChI is InChI=1S/C18H22N2O2/c1-2-3-14-4-6-16(7-5-14)22-13-18(21)20-11-9-17-15(12-20)8-10-19-17/h4-8,10,19H,2-3,9,11-13H2,1H3. The molecule has 0 saturated heterocycles. The molecule has 116 valence electrons. The van der Waals surface area contributed by atoms with Crippen molar-refractivity contribution in [3.63, 3.8) is 0 Å². The zero-order valence-corrected chi connectivity index (χ0v) is 13.0. The second-order valence-electron chi connectivity index (χ2n) is 5.73. The predicted molar refractivity (Wildman–Crippen MR) is 85.8 cm³/mol. The van der Waals surface area contributed by atoms with Crippen molar-refractivity contribution >= 4 is 5.91 Å². The van der Waals surface area contributed by atoms with Crippen LogP contribution in [0, 0.1) is 0 Å². The van der Waals surface area contributed by atoms with Crippen LogP contribution in [0.25, 0.3) is 0 Å². The van der Waals surface area contributed by atoms with Gasteiger partial charge in [-0.25, -0.2) is 0 Å². The number of hydrogen-bond donors (Lipinski definition) is 1. The molecule has 1 aromatic carbocycles. The third-order valence-corrected chi connectivity index (χ3v) is 4.10. The van der Waals surface area contributed by atoms with Crippen LogP contribution in [0.15, 0.2) is 36.5 Å². The zero-order chi connectivity index (χ0) is 15.4. The Morgan fingerprint density at radius 3 is 2.86 bits per heavy atom. The fraction of sp³-hybridized carbons (Fsp3) is 0.389. The van der Waals surface area contributed by atoms with Gasteiger partial charge in [-0.3, -0.25) is 4.79 Å². The Labute approximate surface area is 131 Å². The number of nitrogens with zero attached hydrogens (tertiary/aromatic N) is 1. The van der Waals surface area contributed by atoms with Gasteiger partial charge >= 0.3 is 0 Å². The molecule has 4 heteroatoms. The second-order valence-corrected chi connectivity index (χ2v) is 5.73. The lowest BCUT2D eigenvalue weighted by Gasteiger charge is -2.27. The van der Waals surface area contributed by atoms with Gasteiger partial charge in [0.05, 0.1) is 0 Å². The highest BCUT2D eigenvalue weighted by molar-refractivity contribution is 5.78. The van der Waals surface area contributed by atoms with E-state index in [4.69, 9.17) is 4.74 Å². The summed E-state index contributed by atoms with van der Waals surface area (Å²) in [6.45, 7) is 3.70. The van der Waals surface area contributed by atoms with Crippen LogP contribution in [0.3, 0.4) is 0 Å². The van der Waals surface area contributed by atoms with E-state index in [1.54, 1.807) is 0 Å². The summed E-state index contributed by atoms with van der Waals surface area (Å²) in [5.41, 5.74) is 3.76. The van der Waals surface area contributed by atoms with Crippen LogP contribution in [-0.4, -0.2) is 28.9 Å². The molecule has 0 unspecified atom stereocenters. The smallest absolute Gasteiger partial charge is 0.260 e. The van der Waals surface area contributed by atoms with Crippen molar-refractivity contribution < 1.29 is 9.53 Å². The number of aromatic nitrogens is 1. The van der Waals surface area contributed by atoms with E-state index in [2.05, 4.69) is 24.0 Å². The first-order valence-corrected chi connectivity index (χ1v) is 7.91. The number of hydrogen-bond acceptors (Lipinski definition) is 2. The summed E-state index contributed by atoms with van der Waals surface area (Å²) < 4.78 is 5.62. The highest BCUT2D eigenvalue weighted by Gasteiger charge is 2.21. The van der Waals surface area contributed by atoms with Gasteiger partial charge < -0.3 is 14.6 Å². The number of carbonyl (C=O) groups is 1. The van der Waals surface area contributed by atoms with Gasteiger partial charge in [-0.2, -0.15) is 0 Å². The third-order valence-electron chi connectivity index (χ3n) is 4.10. The number of carbonyl (C=O) groups excluding carboxylic acids is 1. The number of fused-ring (bicyclic) bond motifs is 1. The van der Waals surface area contributed by atoms with Crippen molar-refractivity contribution in [3.8, 4) is 5.75 Å². The number of aromatic amines is 1. The molecule has 0 atom stereocenters. The summed E-state index contributed by atoms with van der Waals surface area (Å²) in [6, 6.07) is 10.1. The monoisotopic (exact) mass is 298 g/mol. The summed E-state index contributed by atoms with van der Waals surface area (Å²) in [5, 5.41) is 0. The predicted octanol–water partition coefficient (Wildman–Crippen LogP) is 2.93. The molecule has 0 saturated carbocycles. The Bertz CT molecular complexity index is 631. The maximum atomic E-state index is 12.3. The number of aryl methyl sites for hydroxylation is 1. The fourth-order valence-electron chi connectivity index (χ4n) is 2.84. The fourth-order valence-corrected chi connectivity index (χ4v) is 2.84. The normalized spacial score (nSPS) is 13.8. The van der Waals surface area contributed by atoms with Crippen molar-refractivity contribution in [2.45, 2.75) is 32.7 Å². The first-order valence-electron chi connectivity index (χ1n) is 7.91. The van der Waals surface area contributed by atoms with Crippen LogP contribution in [0.4, 0.5) is 0 Å². The summed E-state index contributed by atoms with van der Waals surface area (Å²) in [7, 11) is 0. The summed E-state index contributed by atoms with van der Waals surface area (Å²) >= 11 is 0. The molecule has 2 heterocycles. The van der Waals surface area contributed by atoms with Gasteiger partial charge in [0.2, 0.25) is 0 Å². The van der Waals surface area contributed by atoms with Crippen LogP contribution in [0.1, 0.15) is 30.2 Å². The van der Waals surface area contributed by atoms with E-state index < -0.39 is 0 Å². The van der Waals surface area contributed by atoms with Crippen LogP contribution in [0.2, 0.25) is 0 Å². The minimum Gasteiger partial charge on any atom is -0.484 e. The number of ether oxygens (including phenoxy) is 1. The van der Waals surface area contributed by atoms with Gasteiger partial charge in [-0.05, 0) is 35.7 Å². The molecule has 1 amide bonds. The molecule has 0 fully saturated rings. The van der Waals surface area contributed by atoms with E-state index in [9.17, 15) is 4.79 Å². The zero-order valence-electron chi connectivity index (χ0n) is 13.0. The Morgan fingerprint density at radius 2 is 2.09 bits per heavy atom. The number of H-pyrrole nitrogens is 1. The van der Waals surface area contributed by atoms with Crippen LogP contribution < -0.4 is 4.74 Å². The van der Waals surface area contributed by atoms with E-state index >= 15 is 0 Å². The molecule has 4 nitrogen and oxygen atoms in total. The van der Waals surface area contributed by atoms with Crippen molar-refractivity contribution in [2.24, 2.45) is 0 Å². The number of amides is 1. The topological polar surface area (TPSA) is 45.3 Å². The molecule has 3 rings (SSSR count). The Hall–Kier alpha value is -2.23. The first kappa shape index (κ1) is 14.7. The van der Waals surface area contributed by atoms with Crippen molar-refractivity contribution in [3.05, 3.63) is 53.3 Å². The largest absolute Gasteiger partial charge is 0.484 e. The lowest BCUT2D eigenvalue weighted by molar-refractivity contribution is -0.134. The van der Waals surface area contributed by atoms with Crippen LogP contribution >= 0.6 is 0 Å². The maximum Gasteiger partial charge on any atom is 0.260 e. The molecular weight excluding hydrogens is 276 g/mol. The molecule has 22 heavy (non-hydrogen) atoms. The molecule has 1 aliphatic rings. The summed E-state index contributed by atoms with van der Waals surface area (Å²) in [5.74, 6) is 0.803. The van der Waals surface area contributed by atoms with E-state index in [1.807, 2.05) is 29.3 Å². The van der Waals surface area contributed by atoms with Crippen LogP contribution in [0.5, 0.6) is 5.75 Å². The molecule has 2 aromatic rings. The van der Waals surface area contributed by atoms with E-state index in [0.29, 0.717) is 6.54 Å². The van der Waals surface area contributed by atoms with Crippen LogP contribution in [-0.2, 0) is 24.2 Å². The Kier molecular flexibility index (Phi) is 4.47. The number of benzene rings is 1. The Balaban J connectivity index is 1.52. The van der Waals surface area contributed by atoms with Crippen molar-refractivity contribution in [1.29, 1.82) is 0 Å². The van der Waals surface area contributed by atoms with Gasteiger partial charge in [0.15, 0.2) is 6.61 Å². The summed E-state index contributed by atoms with van der Waals surface area (Å²) in [6.07, 6.45) is 5.04. The third kappa shape index (κ3) is 3.32. The second kappa shape index (κ2) is 6.69. The minimum absolute atomic E-state index is 0.0458. The number of nitrogens with one attached hydrogen (secondary N) is 1. The highest BCUT2D eigenvalue weighted by Crippen LogP contribution is 2.18. The number of rotatable bonds is 5. The molecule has 1 aromatic heterocycles. The van der Waals surface area contributed by atoms with Gasteiger partial charge in [0.1, 0.15) is 5.75 Å². The molecular formula is C18H22N2O2. The van der Waals surface area contributed by atoms with E-state index in [-0.39, 0.29) is 12.5 Å². The average molecular weight is 298 g/mol. The molecule has 1 aliphatic heterocycles. The molecule has 1 N–H and O–H groups in total. The van der Waals surface area contributed by atoms with Gasteiger partial charge in [0.25, 0.3) is 5.91 Å². The average Bonchev–Trinajstić information content (AvgIpc) is 3.01. The van der Waals surface area contributed by atoms with Crippen molar-refractivity contribution in [1.82, 2.24) is 9.88 Å². The van der Waals surface area contributed by atoms with Gasteiger partial charge in [-0.1, -0.05) is 25.5 Å². The lowest BCUT2D eigenvalue weighted by atomic mass is 10.1. The van der Waals surface area contributed by atoms with Crippen molar-refractivity contribution in [2.75, 3.05) is 13.2 Å². The maximum absolute atomic E-state index is 12.3. The SMILES string of the molecule is CCCc1ccc(OCC(=O)N2CCc3[nH]ccc3C2)cc1. The molecule has 0 bridgehead atoms. The Morgan fingerprint density at radius 1 is 1.27 bits per heavy atom.